The fourth-order valence-corrected chi connectivity index (χ4v) is 4.74. The zero-order chi connectivity index (χ0) is 23.4. The van der Waals surface area contributed by atoms with Crippen molar-refractivity contribution in [3.8, 4) is 0 Å². The molecule has 0 saturated heterocycles. The van der Waals surface area contributed by atoms with Gasteiger partial charge in [-0.2, -0.15) is 4.91 Å². The number of allylic oxidation sites excluding steroid dienone is 2. The molecule has 0 spiro atoms. The summed E-state index contributed by atoms with van der Waals surface area (Å²) >= 11 is 0. The topological polar surface area (TPSA) is 104 Å². The molecule has 1 saturated carbocycles. The lowest BCUT2D eigenvalue weighted by molar-refractivity contribution is -0.137. The Morgan fingerprint density at radius 3 is 2.59 bits per heavy atom. The number of hydrogen-bond donors (Lipinski definition) is 2. The summed E-state index contributed by atoms with van der Waals surface area (Å²) in [5.41, 5.74) is 0.457. The molecule has 2 N–H and O–H groups in total. The first kappa shape index (κ1) is 25.9. The van der Waals surface area contributed by atoms with Crippen LogP contribution in [0.1, 0.15) is 76.7 Å². The highest BCUT2D eigenvalue weighted by molar-refractivity contribution is 5.84. The first-order chi connectivity index (χ1) is 15.4. The molecule has 6 nitrogen and oxygen atoms in total. The second-order valence-corrected chi connectivity index (χ2v) is 9.06. The van der Waals surface area contributed by atoms with Gasteiger partial charge in [0.2, 0.25) is 0 Å². The summed E-state index contributed by atoms with van der Waals surface area (Å²) in [4.78, 5) is 34.5. The Labute approximate surface area is 191 Å². The Morgan fingerprint density at radius 2 is 1.94 bits per heavy atom. The van der Waals surface area contributed by atoms with E-state index >= 15 is 0 Å². The number of hydrogen-bond acceptors (Lipinski definition) is 5. The number of nitrogens with zero attached hydrogens (tertiary/aromatic N) is 1. The van der Waals surface area contributed by atoms with Gasteiger partial charge in [-0.3, -0.25) is 9.59 Å². The minimum absolute atomic E-state index is 0.0684. The van der Waals surface area contributed by atoms with Crippen molar-refractivity contribution in [2.24, 2.45) is 17.0 Å². The van der Waals surface area contributed by atoms with E-state index in [1.165, 1.54) is 5.56 Å². The molecule has 1 aliphatic carbocycles. The van der Waals surface area contributed by atoms with Crippen LogP contribution in [0.3, 0.4) is 0 Å². The van der Waals surface area contributed by atoms with Gasteiger partial charge in [0.05, 0.1) is 5.60 Å². The Balaban J connectivity index is 1.88. The quantitative estimate of drug-likeness (QED) is 0.212. The van der Waals surface area contributed by atoms with Crippen LogP contribution in [0.4, 0.5) is 0 Å². The number of carbonyl (C=O) groups is 2. The van der Waals surface area contributed by atoms with E-state index in [0.717, 1.165) is 12.8 Å². The fourth-order valence-electron chi connectivity index (χ4n) is 4.74. The van der Waals surface area contributed by atoms with Gasteiger partial charge in [0.1, 0.15) is 11.8 Å². The van der Waals surface area contributed by atoms with Gasteiger partial charge < -0.3 is 10.2 Å². The highest BCUT2D eigenvalue weighted by atomic mass is 16.4. The number of carboxylic acids is 1. The molecule has 176 valence electrons. The van der Waals surface area contributed by atoms with E-state index in [1.54, 1.807) is 0 Å². The number of nitroso groups, excluding NO2 is 1. The number of aliphatic hydroxyl groups is 1. The van der Waals surface area contributed by atoms with E-state index in [0.29, 0.717) is 44.9 Å². The molecule has 1 aliphatic rings. The smallest absolute Gasteiger partial charge is 0.303 e. The first-order valence-electron chi connectivity index (χ1n) is 11.9. The van der Waals surface area contributed by atoms with Crippen LogP contribution in [-0.2, 0) is 16.0 Å². The maximum Gasteiger partial charge on any atom is 0.303 e. The van der Waals surface area contributed by atoms with E-state index in [9.17, 15) is 19.6 Å². The first-order valence-corrected chi connectivity index (χ1v) is 11.9. The van der Waals surface area contributed by atoms with Crippen molar-refractivity contribution in [2.45, 2.75) is 89.2 Å². The van der Waals surface area contributed by atoms with Gasteiger partial charge in [-0.25, -0.2) is 0 Å². The van der Waals surface area contributed by atoms with Crippen molar-refractivity contribution >= 4 is 11.8 Å². The Hall–Kier alpha value is -2.34. The molecule has 0 aliphatic heterocycles. The van der Waals surface area contributed by atoms with Gasteiger partial charge in [0, 0.05) is 18.8 Å². The molecular weight excluding hydrogens is 406 g/mol. The Kier molecular flexibility index (Phi) is 10.7. The number of rotatable bonds is 15. The minimum Gasteiger partial charge on any atom is -0.481 e. The molecule has 0 amide bonds. The van der Waals surface area contributed by atoms with Crippen molar-refractivity contribution in [2.75, 3.05) is 0 Å². The third kappa shape index (κ3) is 8.30. The van der Waals surface area contributed by atoms with E-state index in [4.69, 9.17) is 5.11 Å². The highest BCUT2D eigenvalue weighted by Gasteiger charge is 2.43. The molecule has 4 atom stereocenters. The number of ketones is 1. The van der Waals surface area contributed by atoms with Crippen LogP contribution in [0.15, 0.2) is 47.7 Å². The Bertz CT molecular complexity index is 763. The molecule has 1 fully saturated rings. The minimum atomic E-state index is -0.809. The third-order valence-corrected chi connectivity index (χ3v) is 6.84. The largest absolute Gasteiger partial charge is 0.481 e. The summed E-state index contributed by atoms with van der Waals surface area (Å²) in [6.45, 7) is 1.98. The second-order valence-electron chi connectivity index (χ2n) is 9.06. The van der Waals surface area contributed by atoms with Gasteiger partial charge in [0.15, 0.2) is 0 Å². The monoisotopic (exact) mass is 443 g/mol. The number of benzene rings is 1. The molecule has 0 aromatic heterocycles. The van der Waals surface area contributed by atoms with Gasteiger partial charge in [-0.1, -0.05) is 54.6 Å². The summed E-state index contributed by atoms with van der Waals surface area (Å²) in [5, 5.41) is 23.1. The van der Waals surface area contributed by atoms with Crippen LogP contribution in [0.25, 0.3) is 0 Å². The van der Waals surface area contributed by atoms with Crippen molar-refractivity contribution in [3.05, 3.63) is 53.0 Å². The lowest BCUT2D eigenvalue weighted by Crippen LogP contribution is -2.30. The lowest BCUT2D eigenvalue weighted by Gasteiger charge is -2.30. The number of aryl methyl sites for hydroxylation is 1. The van der Waals surface area contributed by atoms with Crippen molar-refractivity contribution < 1.29 is 19.8 Å². The molecule has 0 heterocycles. The second kappa shape index (κ2) is 13.3. The molecular formula is C26H37NO5. The van der Waals surface area contributed by atoms with E-state index in [1.807, 2.05) is 37.3 Å². The molecule has 0 radical (unpaired) electrons. The molecule has 2 rings (SSSR count). The number of carboxylic acid groups (broad SMARTS) is 1. The summed E-state index contributed by atoms with van der Waals surface area (Å²) < 4.78 is 0. The SMILES string of the molecule is CCC(O)(CCCc1ccccc1)CC[C@H]1C(N=O)CC(=O)[C@@H]1CC=CCCCC(=O)O. The van der Waals surface area contributed by atoms with Crippen LogP contribution in [0, 0.1) is 16.7 Å². The van der Waals surface area contributed by atoms with Crippen LogP contribution < -0.4 is 0 Å². The summed E-state index contributed by atoms with van der Waals surface area (Å²) in [6, 6.07) is 9.70. The van der Waals surface area contributed by atoms with Crippen LogP contribution in [0.5, 0.6) is 0 Å². The van der Waals surface area contributed by atoms with Gasteiger partial charge in [-0.15, -0.1) is 0 Å². The zero-order valence-corrected chi connectivity index (χ0v) is 19.1. The third-order valence-electron chi connectivity index (χ3n) is 6.84. The number of aliphatic carboxylic acids is 1. The lowest BCUT2D eigenvalue weighted by atomic mass is 9.80. The van der Waals surface area contributed by atoms with Crippen LogP contribution in [0.2, 0.25) is 0 Å². The number of Topliss-reactive ketones (excluding diaryl/α,β-unsaturated/α-hetero) is 1. The van der Waals surface area contributed by atoms with Crippen molar-refractivity contribution in [3.63, 3.8) is 0 Å². The number of unbranched alkanes of at least 4 members (excludes halogenated alkanes) is 1. The molecule has 6 heteroatoms. The molecule has 0 bridgehead atoms. The average Bonchev–Trinajstić information content (AvgIpc) is 3.09. The summed E-state index contributed by atoms with van der Waals surface area (Å²) in [5.74, 6) is -1.13. The molecule has 1 aromatic carbocycles. The van der Waals surface area contributed by atoms with Crippen LogP contribution >= 0.6 is 0 Å². The van der Waals surface area contributed by atoms with Crippen molar-refractivity contribution in [1.29, 1.82) is 0 Å². The van der Waals surface area contributed by atoms with Crippen LogP contribution in [-0.4, -0.2) is 33.6 Å². The Morgan fingerprint density at radius 1 is 1.19 bits per heavy atom. The van der Waals surface area contributed by atoms with E-state index in [2.05, 4.69) is 17.3 Å². The maximum absolute atomic E-state index is 12.5. The van der Waals surface area contributed by atoms with E-state index < -0.39 is 17.6 Å². The van der Waals surface area contributed by atoms with Gasteiger partial charge >= 0.3 is 5.97 Å². The zero-order valence-electron chi connectivity index (χ0n) is 19.1. The van der Waals surface area contributed by atoms with E-state index in [-0.39, 0.29) is 30.5 Å². The molecule has 1 aromatic rings. The van der Waals surface area contributed by atoms with Gasteiger partial charge in [-0.05, 0) is 69.3 Å². The van der Waals surface area contributed by atoms with Gasteiger partial charge in [0.25, 0.3) is 0 Å². The van der Waals surface area contributed by atoms with Crippen molar-refractivity contribution in [1.82, 2.24) is 0 Å². The fraction of sp³-hybridized carbons (Fsp3) is 0.615. The maximum atomic E-state index is 12.5. The number of carbonyl (C=O) groups excluding carboxylic acids is 1. The summed E-state index contributed by atoms with van der Waals surface area (Å²) in [6.07, 6.45) is 10.2. The highest BCUT2D eigenvalue weighted by Crippen LogP contribution is 2.39. The normalized spacial score (nSPS) is 22.8. The average molecular weight is 444 g/mol. The molecule has 32 heavy (non-hydrogen) atoms. The predicted octanol–water partition coefficient (Wildman–Crippen LogP) is 5.47. The standard InChI is InChI=1S/C26H37NO5/c1-2-26(31,17-10-13-20-11-6-5-7-12-20)18-16-21-22(24(28)19-23(21)27-32)14-8-3-4-9-15-25(29)30/h3,5-8,11-12,21-23,31H,2,4,9-10,13-19H2,1H3,(H,29,30)/t21-,22-,23?,26?/m1/s1. The summed E-state index contributed by atoms with van der Waals surface area (Å²) in [7, 11) is 0. The predicted molar refractivity (Wildman–Crippen MR) is 125 cm³/mol. The molecule has 2 unspecified atom stereocenters.